The molecule has 32 heavy (non-hydrogen) atoms. The van der Waals surface area contributed by atoms with Gasteiger partial charge in [-0.25, -0.2) is 4.99 Å². The summed E-state index contributed by atoms with van der Waals surface area (Å²) in [5.74, 6) is -0.687. The smallest absolute Gasteiger partial charge is 0.291 e. The van der Waals surface area contributed by atoms with E-state index in [9.17, 15) is 4.79 Å². The average Bonchev–Trinajstić information content (AvgIpc) is 3.19. The van der Waals surface area contributed by atoms with Crippen LogP contribution in [-0.4, -0.2) is 39.5 Å². The highest BCUT2D eigenvalue weighted by molar-refractivity contribution is 6.19. The van der Waals surface area contributed by atoms with E-state index in [0.29, 0.717) is 17.1 Å². The van der Waals surface area contributed by atoms with Gasteiger partial charge in [0, 0.05) is 24.4 Å². The zero-order valence-corrected chi connectivity index (χ0v) is 18.1. The van der Waals surface area contributed by atoms with E-state index in [1.54, 1.807) is 19.2 Å². The van der Waals surface area contributed by atoms with E-state index in [-0.39, 0.29) is 11.9 Å². The third-order valence-corrected chi connectivity index (χ3v) is 4.48. The summed E-state index contributed by atoms with van der Waals surface area (Å²) in [5.41, 5.74) is 9.13. The van der Waals surface area contributed by atoms with Crippen LogP contribution in [0.2, 0.25) is 0 Å². The number of aliphatic imine (C=N–C) groups is 2. The van der Waals surface area contributed by atoms with Crippen molar-refractivity contribution in [3.8, 4) is 0 Å². The quantitative estimate of drug-likeness (QED) is 0.435. The molecule has 0 aliphatic carbocycles. The van der Waals surface area contributed by atoms with E-state index in [4.69, 9.17) is 15.9 Å². The zero-order chi connectivity index (χ0) is 23.1. The number of fused-ring (bicyclic) bond motifs is 1. The van der Waals surface area contributed by atoms with Gasteiger partial charge in [-0.05, 0) is 12.1 Å². The van der Waals surface area contributed by atoms with Gasteiger partial charge < -0.3 is 15.8 Å². The molecule has 9 nitrogen and oxygen atoms in total. The molecule has 1 aromatic heterocycles. The van der Waals surface area contributed by atoms with E-state index in [1.165, 1.54) is 10.9 Å². The van der Waals surface area contributed by atoms with Crippen LogP contribution < -0.4 is 11.1 Å². The summed E-state index contributed by atoms with van der Waals surface area (Å²) >= 11 is 0. The van der Waals surface area contributed by atoms with Gasteiger partial charge in [-0.3, -0.25) is 14.9 Å². The summed E-state index contributed by atoms with van der Waals surface area (Å²) in [4.78, 5) is 21.4. The van der Waals surface area contributed by atoms with E-state index in [1.807, 2.05) is 62.4 Å². The number of amidine groups is 1. The number of carbonyl (C=O) groups excluding carboxylic acids is 1. The molecule has 0 saturated heterocycles. The molecule has 1 aliphatic rings. The van der Waals surface area contributed by atoms with E-state index >= 15 is 0 Å². The minimum atomic E-state index is -1.17. The molecule has 0 saturated carbocycles. The first-order chi connectivity index (χ1) is 15.5. The highest BCUT2D eigenvalue weighted by atomic mass is 16.5. The lowest BCUT2D eigenvalue weighted by Gasteiger charge is -2.10. The molecule has 4 rings (SSSR count). The highest BCUT2D eigenvalue weighted by Gasteiger charge is 2.26. The van der Waals surface area contributed by atoms with Crippen molar-refractivity contribution in [3.05, 3.63) is 83.7 Å². The van der Waals surface area contributed by atoms with E-state index in [0.717, 1.165) is 11.1 Å². The molecule has 1 atom stereocenters. The standard InChI is InChI=1S/C21H19N7O2.C2H6/c1-28-16(11-12-24-28)18(22)30-21(23)27-19-20(29)25-15-10-6-5-9-14(15)17(26-19)13-7-3-2-4-8-13;1-2/h2-12,19,22H,1H3,(H2,23,27)(H,25,29);1-2H3. The first-order valence-corrected chi connectivity index (χ1v) is 10.1. The Bertz CT molecular complexity index is 1170. The normalized spacial score (nSPS) is 15.3. The molecule has 1 aliphatic heterocycles. The van der Waals surface area contributed by atoms with Gasteiger partial charge in [0.1, 0.15) is 5.69 Å². The number of aromatic nitrogens is 2. The molecule has 2 heterocycles. The Kier molecular flexibility index (Phi) is 7.12. The lowest BCUT2D eigenvalue weighted by Crippen LogP contribution is -2.29. The molecular formula is C23H25N7O2. The van der Waals surface area contributed by atoms with Crippen LogP contribution in [0, 0.1) is 5.41 Å². The Morgan fingerprint density at radius 2 is 1.81 bits per heavy atom. The summed E-state index contributed by atoms with van der Waals surface area (Å²) in [6.45, 7) is 4.00. The monoisotopic (exact) mass is 431 g/mol. The third-order valence-electron chi connectivity index (χ3n) is 4.48. The maximum atomic E-state index is 12.8. The number of ether oxygens (including phenoxy) is 1. The van der Waals surface area contributed by atoms with Crippen LogP contribution in [-0.2, 0) is 16.6 Å². The van der Waals surface area contributed by atoms with Gasteiger partial charge in [-0.2, -0.15) is 10.1 Å². The lowest BCUT2D eigenvalue weighted by atomic mass is 10.0. The minimum Gasteiger partial charge on any atom is -0.405 e. The van der Waals surface area contributed by atoms with E-state index < -0.39 is 12.1 Å². The number of anilines is 1. The molecule has 9 heteroatoms. The second-order valence-electron chi connectivity index (χ2n) is 6.49. The minimum absolute atomic E-state index is 0.235. The van der Waals surface area contributed by atoms with Crippen LogP contribution in [0.3, 0.4) is 0 Å². The maximum absolute atomic E-state index is 12.8. The zero-order valence-electron chi connectivity index (χ0n) is 18.1. The predicted octanol–water partition coefficient (Wildman–Crippen LogP) is 2.92. The number of benzene rings is 2. The fraction of sp³-hybridized carbons (Fsp3) is 0.174. The first kappa shape index (κ1) is 22.4. The Morgan fingerprint density at radius 3 is 2.50 bits per heavy atom. The molecule has 2 aromatic carbocycles. The van der Waals surface area contributed by atoms with Crippen LogP contribution in [0.25, 0.3) is 0 Å². The molecular weight excluding hydrogens is 406 g/mol. The van der Waals surface area contributed by atoms with Crippen molar-refractivity contribution >= 4 is 29.2 Å². The summed E-state index contributed by atoms with van der Waals surface area (Å²) in [7, 11) is 1.67. The second-order valence-corrected chi connectivity index (χ2v) is 6.49. The number of amides is 1. The molecule has 1 unspecified atom stereocenters. The topological polar surface area (TPSA) is 131 Å². The van der Waals surface area contributed by atoms with Crippen LogP contribution in [0.15, 0.2) is 76.8 Å². The average molecular weight is 432 g/mol. The summed E-state index contributed by atoms with van der Waals surface area (Å²) in [5, 5.41) is 14.8. The first-order valence-electron chi connectivity index (χ1n) is 10.1. The Hall–Kier alpha value is -4.27. The fourth-order valence-corrected chi connectivity index (χ4v) is 3.06. The van der Waals surface area contributed by atoms with Gasteiger partial charge in [-0.15, -0.1) is 0 Å². The third kappa shape index (κ3) is 4.89. The summed E-state index contributed by atoms with van der Waals surface area (Å²) in [6.07, 6.45) is 0.361. The number of benzodiazepines with no additional fused rings is 1. The van der Waals surface area contributed by atoms with E-state index in [2.05, 4.69) is 20.4 Å². The lowest BCUT2D eigenvalue weighted by molar-refractivity contribution is -0.117. The number of nitrogens with zero attached hydrogens (tertiary/aromatic N) is 4. The SMILES string of the molecule is CC.Cn1nccc1C(=N)O/C(N)=N/C1N=C(c2ccccc2)c2ccccc2NC1=O. The van der Waals surface area contributed by atoms with Crippen LogP contribution in [0.5, 0.6) is 0 Å². The molecule has 4 N–H and O–H groups in total. The number of hydrogen-bond acceptors (Lipinski definition) is 6. The van der Waals surface area contributed by atoms with Crippen molar-refractivity contribution in [2.45, 2.75) is 20.0 Å². The number of rotatable bonds is 3. The van der Waals surface area contributed by atoms with Crippen LogP contribution >= 0.6 is 0 Å². The summed E-state index contributed by atoms with van der Waals surface area (Å²) < 4.78 is 6.76. The van der Waals surface area contributed by atoms with Crippen molar-refractivity contribution in [3.63, 3.8) is 0 Å². The van der Waals surface area contributed by atoms with Crippen LogP contribution in [0.4, 0.5) is 5.69 Å². The van der Waals surface area contributed by atoms with Gasteiger partial charge >= 0.3 is 0 Å². The molecule has 1 amide bonds. The van der Waals surface area contributed by atoms with Crippen molar-refractivity contribution in [1.82, 2.24) is 9.78 Å². The van der Waals surface area contributed by atoms with Gasteiger partial charge in [0.25, 0.3) is 11.9 Å². The van der Waals surface area contributed by atoms with Crippen molar-refractivity contribution in [2.75, 3.05) is 5.32 Å². The van der Waals surface area contributed by atoms with Gasteiger partial charge in [0.15, 0.2) is 0 Å². The molecule has 0 bridgehead atoms. The van der Waals surface area contributed by atoms with Crippen LogP contribution in [0.1, 0.15) is 30.7 Å². The van der Waals surface area contributed by atoms with Gasteiger partial charge in [-0.1, -0.05) is 62.4 Å². The number of carbonyl (C=O) groups is 1. The Labute approximate surface area is 186 Å². The van der Waals surface area contributed by atoms with Gasteiger partial charge in [0.05, 0.1) is 11.4 Å². The summed E-state index contributed by atoms with van der Waals surface area (Å²) in [6, 6.07) is 18.2. The molecule has 3 aromatic rings. The Morgan fingerprint density at radius 1 is 1.12 bits per heavy atom. The Balaban J connectivity index is 0.00000141. The molecule has 0 radical (unpaired) electrons. The largest absolute Gasteiger partial charge is 0.405 e. The number of hydrogen-bond donors (Lipinski definition) is 3. The number of aryl methyl sites for hydroxylation is 1. The predicted molar refractivity (Wildman–Crippen MR) is 125 cm³/mol. The number of para-hydroxylation sites is 1. The van der Waals surface area contributed by atoms with Crippen molar-refractivity contribution < 1.29 is 9.53 Å². The van der Waals surface area contributed by atoms with Gasteiger partial charge in [0.2, 0.25) is 12.1 Å². The maximum Gasteiger partial charge on any atom is 0.291 e. The molecule has 0 fully saturated rings. The van der Waals surface area contributed by atoms with Crippen molar-refractivity contribution in [1.29, 1.82) is 5.41 Å². The molecule has 164 valence electrons. The molecule has 0 spiro atoms. The number of nitrogens with one attached hydrogen (secondary N) is 2. The number of nitrogens with two attached hydrogens (primary N) is 1. The highest BCUT2D eigenvalue weighted by Crippen LogP contribution is 2.24. The fourth-order valence-electron chi connectivity index (χ4n) is 3.06. The van der Waals surface area contributed by atoms with Crippen molar-refractivity contribution in [2.24, 2.45) is 22.8 Å². The second kappa shape index (κ2) is 10.2.